The van der Waals surface area contributed by atoms with Crippen LogP contribution >= 0.6 is 0 Å². The van der Waals surface area contributed by atoms with Crippen LogP contribution in [0.5, 0.6) is 0 Å². The van der Waals surface area contributed by atoms with Crippen LogP contribution < -0.4 is 0 Å². The molecule has 0 radical (unpaired) electrons. The molecule has 1 aromatic heterocycles. The van der Waals surface area contributed by atoms with E-state index in [9.17, 15) is 18.3 Å². The summed E-state index contributed by atoms with van der Waals surface area (Å²) in [6.07, 6.45) is 0.963. The molecule has 1 saturated heterocycles. The third kappa shape index (κ3) is 2.45. The summed E-state index contributed by atoms with van der Waals surface area (Å²) in [5, 5.41) is 12.9. The largest absolute Gasteiger partial charge is 0.480 e. The third-order valence-corrected chi connectivity index (χ3v) is 5.79. The van der Waals surface area contributed by atoms with Crippen LogP contribution in [0.25, 0.3) is 0 Å². The molecule has 0 amide bonds. The Labute approximate surface area is 117 Å². The van der Waals surface area contributed by atoms with E-state index in [2.05, 4.69) is 5.16 Å². The van der Waals surface area contributed by atoms with Gasteiger partial charge in [-0.25, -0.2) is 8.42 Å². The predicted octanol–water partition coefficient (Wildman–Crippen LogP) is 1.17. The van der Waals surface area contributed by atoms with Gasteiger partial charge in [-0.2, -0.15) is 4.31 Å². The Bertz CT molecular complexity index is 602. The topological polar surface area (TPSA) is 101 Å². The number of carboxylic acid groups (broad SMARTS) is 1. The highest BCUT2D eigenvalue weighted by atomic mass is 32.2. The maximum Gasteiger partial charge on any atom is 0.322 e. The van der Waals surface area contributed by atoms with E-state index >= 15 is 0 Å². The number of hydrogen-bond acceptors (Lipinski definition) is 5. The summed E-state index contributed by atoms with van der Waals surface area (Å²) < 4.78 is 31.3. The molecule has 1 aliphatic rings. The third-order valence-electron chi connectivity index (χ3n) is 3.64. The summed E-state index contributed by atoms with van der Waals surface area (Å²) in [4.78, 5) is 11.3. The first-order valence-corrected chi connectivity index (χ1v) is 7.86. The number of aliphatic carboxylic acids is 1. The molecule has 0 bridgehead atoms. The molecule has 2 rings (SSSR count). The van der Waals surface area contributed by atoms with Gasteiger partial charge in [-0.15, -0.1) is 0 Å². The smallest absolute Gasteiger partial charge is 0.322 e. The molecular formula is C12H18N2O5S. The van der Waals surface area contributed by atoms with Crippen molar-refractivity contribution in [1.29, 1.82) is 0 Å². The number of carbonyl (C=O) groups is 1. The lowest BCUT2D eigenvalue weighted by molar-refractivity contribution is -0.143. The van der Waals surface area contributed by atoms with Gasteiger partial charge in [-0.1, -0.05) is 12.1 Å². The Balaban J connectivity index is 2.45. The number of hydrogen-bond donors (Lipinski definition) is 1. The normalized spacial score (nSPS) is 24.8. The molecule has 0 spiro atoms. The van der Waals surface area contributed by atoms with Crippen molar-refractivity contribution in [2.45, 2.75) is 44.6 Å². The number of nitrogens with zero attached hydrogens (tertiary/aromatic N) is 2. The zero-order chi connectivity index (χ0) is 15.1. The van der Waals surface area contributed by atoms with E-state index in [1.54, 1.807) is 0 Å². The number of piperidine rings is 1. The summed E-state index contributed by atoms with van der Waals surface area (Å²) in [6, 6.07) is -1.03. The fourth-order valence-corrected chi connectivity index (χ4v) is 4.49. The van der Waals surface area contributed by atoms with Gasteiger partial charge >= 0.3 is 5.97 Å². The molecule has 2 heterocycles. The molecule has 1 N–H and O–H groups in total. The molecule has 1 aliphatic heterocycles. The molecule has 7 nitrogen and oxygen atoms in total. The molecule has 1 aromatic rings. The van der Waals surface area contributed by atoms with Crippen molar-refractivity contribution in [3.63, 3.8) is 0 Å². The number of sulfonamides is 1. The van der Waals surface area contributed by atoms with Gasteiger partial charge in [0.25, 0.3) is 0 Å². The Morgan fingerprint density at radius 3 is 2.60 bits per heavy atom. The average molecular weight is 302 g/mol. The summed E-state index contributed by atoms with van der Waals surface area (Å²) in [6.45, 7) is 5.17. The summed E-state index contributed by atoms with van der Waals surface area (Å²) in [7, 11) is -3.90. The van der Waals surface area contributed by atoms with Crippen molar-refractivity contribution >= 4 is 16.0 Å². The van der Waals surface area contributed by atoms with Crippen LogP contribution in [0.1, 0.15) is 31.2 Å². The minimum atomic E-state index is -3.90. The average Bonchev–Trinajstić information content (AvgIpc) is 2.69. The second kappa shape index (κ2) is 5.17. The van der Waals surface area contributed by atoms with E-state index in [1.807, 2.05) is 6.92 Å². The first-order valence-electron chi connectivity index (χ1n) is 6.42. The predicted molar refractivity (Wildman–Crippen MR) is 69.7 cm³/mol. The molecule has 0 saturated carbocycles. The van der Waals surface area contributed by atoms with Gasteiger partial charge in [-0.3, -0.25) is 4.79 Å². The second-order valence-corrected chi connectivity index (χ2v) is 7.08. The zero-order valence-corrected chi connectivity index (χ0v) is 12.5. The van der Waals surface area contributed by atoms with Crippen LogP contribution in [0, 0.1) is 19.8 Å². The van der Waals surface area contributed by atoms with Crippen LogP contribution in [0.3, 0.4) is 0 Å². The van der Waals surface area contributed by atoms with E-state index < -0.39 is 22.0 Å². The maximum absolute atomic E-state index is 12.7. The molecule has 2 atom stereocenters. The van der Waals surface area contributed by atoms with Crippen molar-refractivity contribution in [2.75, 3.05) is 6.54 Å². The summed E-state index contributed by atoms with van der Waals surface area (Å²) in [5.41, 5.74) is 0.255. The minimum Gasteiger partial charge on any atom is -0.480 e. The van der Waals surface area contributed by atoms with Gasteiger partial charge in [0, 0.05) is 6.54 Å². The van der Waals surface area contributed by atoms with E-state index in [0.717, 1.165) is 4.31 Å². The lowest BCUT2D eigenvalue weighted by atomic mass is 9.94. The molecule has 0 aliphatic carbocycles. The lowest BCUT2D eigenvalue weighted by Gasteiger charge is -2.34. The van der Waals surface area contributed by atoms with Crippen molar-refractivity contribution in [3.05, 3.63) is 11.5 Å². The fraction of sp³-hybridized carbons (Fsp3) is 0.667. The van der Waals surface area contributed by atoms with Crippen molar-refractivity contribution in [3.8, 4) is 0 Å². The van der Waals surface area contributed by atoms with Crippen LogP contribution in [0.15, 0.2) is 9.42 Å². The Hall–Kier alpha value is -1.41. The molecule has 1 fully saturated rings. The zero-order valence-electron chi connectivity index (χ0n) is 11.7. The van der Waals surface area contributed by atoms with E-state index in [0.29, 0.717) is 12.8 Å². The number of aryl methyl sites for hydroxylation is 2. The Morgan fingerprint density at radius 1 is 1.45 bits per heavy atom. The van der Waals surface area contributed by atoms with Crippen LogP contribution in [0.2, 0.25) is 0 Å². The molecule has 0 aromatic carbocycles. The molecule has 20 heavy (non-hydrogen) atoms. The maximum atomic E-state index is 12.7. The van der Waals surface area contributed by atoms with Gasteiger partial charge < -0.3 is 9.63 Å². The fourth-order valence-electron chi connectivity index (χ4n) is 2.59. The molecule has 8 heteroatoms. The van der Waals surface area contributed by atoms with Gasteiger partial charge in [0.2, 0.25) is 10.0 Å². The number of rotatable bonds is 3. The number of aromatic nitrogens is 1. The SMILES string of the molecule is Cc1noc(C)c1S(=O)(=O)N1CCC(C)CC1C(=O)O. The summed E-state index contributed by atoms with van der Waals surface area (Å²) in [5.74, 6) is -0.746. The first kappa shape index (κ1) is 15.0. The second-order valence-electron chi connectivity index (χ2n) is 5.25. The van der Waals surface area contributed by atoms with Gasteiger partial charge in [0.15, 0.2) is 5.76 Å². The van der Waals surface area contributed by atoms with Gasteiger partial charge in [-0.05, 0) is 32.6 Å². The van der Waals surface area contributed by atoms with E-state index in [1.165, 1.54) is 13.8 Å². The lowest BCUT2D eigenvalue weighted by Crippen LogP contribution is -2.49. The quantitative estimate of drug-likeness (QED) is 0.899. The van der Waals surface area contributed by atoms with E-state index in [4.69, 9.17) is 4.52 Å². The van der Waals surface area contributed by atoms with Crippen molar-refractivity contribution in [1.82, 2.24) is 9.46 Å². The standard InChI is InChI=1S/C12H18N2O5S/c1-7-4-5-14(10(6-7)12(15)16)20(17,18)11-8(2)13-19-9(11)3/h7,10H,4-6H2,1-3H3,(H,15,16). The minimum absolute atomic E-state index is 0.0155. The van der Waals surface area contributed by atoms with Gasteiger partial charge in [0.05, 0.1) is 0 Å². The van der Waals surface area contributed by atoms with Gasteiger partial charge in [0.1, 0.15) is 16.6 Å². The Morgan fingerprint density at radius 2 is 2.10 bits per heavy atom. The monoisotopic (exact) mass is 302 g/mol. The van der Waals surface area contributed by atoms with Crippen LogP contribution in [-0.2, 0) is 14.8 Å². The van der Waals surface area contributed by atoms with Crippen LogP contribution in [-0.4, -0.2) is 41.5 Å². The molecule has 2 unspecified atom stereocenters. The highest BCUT2D eigenvalue weighted by Gasteiger charge is 2.41. The highest BCUT2D eigenvalue weighted by Crippen LogP contribution is 2.31. The number of carboxylic acids is 1. The summed E-state index contributed by atoms with van der Waals surface area (Å²) >= 11 is 0. The molecule has 112 valence electrons. The van der Waals surface area contributed by atoms with Crippen LogP contribution in [0.4, 0.5) is 0 Å². The van der Waals surface area contributed by atoms with Crippen molar-refractivity contribution < 1.29 is 22.8 Å². The first-order chi connectivity index (χ1) is 9.25. The van der Waals surface area contributed by atoms with E-state index in [-0.39, 0.29) is 28.8 Å². The highest BCUT2D eigenvalue weighted by molar-refractivity contribution is 7.89. The van der Waals surface area contributed by atoms with Crippen molar-refractivity contribution in [2.24, 2.45) is 5.92 Å². The Kier molecular flexibility index (Phi) is 3.88. The molecular weight excluding hydrogens is 284 g/mol.